The molecule has 0 aliphatic carbocycles. The molecule has 11 heavy (non-hydrogen) atoms. The number of halogens is 1. The summed E-state index contributed by atoms with van der Waals surface area (Å²) in [6.07, 6.45) is 8.36. The van der Waals surface area contributed by atoms with Crippen LogP contribution >= 0.6 is 0 Å². The Hall–Kier alpha value is -0.400. The van der Waals surface area contributed by atoms with Crippen LogP contribution in [-0.4, -0.2) is 13.0 Å². The van der Waals surface area contributed by atoms with E-state index in [-0.39, 0.29) is 6.67 Å². The second-order valence-electron chi connectivity index (χ2n) is 2.70. The molecular weight excluding hydrogens is 143 g/mol. The fourth-order valence-electron chi connectivity index (χ4n) is 0.999. The van der Waals surface area contributed by atoms with E-state index in [2.05, 4.69) is 0 Å². The Morgan fingerprint density at radius 3 is 2.00 bits per heavy atom. The largest absolute Gasteiger partial charge is 0.291 e. The Labute approximate surface area is 68.0 Å². The van der Waals surface area contributed by atoms with Gasteiger partial charge in [0.2, 0.25) is 0 Å². The molecule has 0 unspecified atom stereocenters. The van der Waals surface area contributed by atoms with Crippen LogP contribution in [0.2, 0.25) is 0 Å². The molecule has 1 nitrogen and oxygen atoms in total. The van der Waals surface area contributed by atoms with Crippen LogP contribution in [0, 0.1) is 0 Å². The Kier molecular flexibility index (Phi) is 9.25. The van der Waals surface area contributed by atoms with E-state index in [4.69, 9.17) is 0 Å². The summed E-state index contributed by atoms with van der Waals surface area (Å²) in [5.41, 5.74) is 0. The van der Waals surface area contributed by atoms with Crippen LogP contribution in [0.5, 0.6) is 0 Å². The SMILES string of the molecule is O=[C]CCCCCCCCF. The maximum Gasteiger partial charge on any atom is 0.198 e. The highest BCUT2D eigenvalue weighted by molar-refractivity contribution is 5.50. The van der Waals surface area contributed by atoms with E-state index in [0.29, 0.717) is 12.8 Å². The van der Waals surface area contributed by atoms with Crippen molar-refractivity contribution >= 4 is 6.29 Å². The Morgan fingerprint density at radius 1 is 0.909 bits per heavy atom. The molecule has 0 bridgehead atoms. The zero-order chi connectivity index (χ0) is 8.36. The third-order valence-electron chi connectivity index (χ3n) is 1.66. The molecule has 0 saturated heterocycles. The van der Waals surface area contributed by atoms with Gasteiger partial charge in [-0.1, -0.05) is 25.7 Å². The molecule has 1 radical (unpaired) electrons. The molecule has 0 aliphatic rings. The van der Waals surface area contributed by atoms with Gasteiger partial charge in [-0.25, -0.2) is 0 Å². The van der Waals surface area contributed by atoms with Crippen molar-refractivity contribution in [2.24, 2.45) is 0 Å². The van der Waals surface area contributed by atoms with E-state index in [1.54, 1.807) is 0 Å². The van der Waals surface area contributed by atoms with Crippen LogP contribution < -0.4 is 0 Å². The molecule has 0 N–H and O–H groups in total. The first-order valence-electron chi connectivity index (χ1n) is 4.32. The van der Waals surface area contributed by atoms with Gasteiger partial charge >= 0.3 is 0 Å². The van der Waals surface area contributed by atoms with Crippen molar-refractivity contribution in [1.29, 1.82) is 0 Å². The molecule has 0 aromatic heterocycles. The minimum absolute atomic E-state index is 0.192. The molecule has 0 spiro atoms. The van der Waals surface area contributed by atoms with Crippen molar-refractivity contribution in [2.45, 2.75) is 44.9 Å². The van der Waals surface area contributed by atoms with Crippen LogP contribution in [0.4, 0.5) is 4.39 Å². The molecule has 0 atom stereocenters. The first-order chi connectivity index (χ1) is 5.41. The van der Waals surface area contributed by atoms with Gasteiger partial charge in [0.05, 0.1) is 6.67 Å². The van der Waals surface area contributed by atoms with Crippen molar-refractivity contribution in [1.82, 2.24) is 0 Å². The topological polar surface area (TPSA) is 17.1 Å². The van der Waals surface area contributed by atoms with Crippen molar-refractivity contribution < 1.29 is 9.18 Å². The molecule has 65 valence electrons. The molecular formula is C9H16FO. The van der Waals surface area contributed by atoms with Gasteiger partial charge < -0.3 is 0 Å². The number of hydrogen-bond donors (Lipinski definition) is 0. The van der Waals surface area contributed by atoms with Crippen LogP contribution in [0.3, 0.4) is 0 Å². The van der Waals surface area contributed by atoms with Gasteiger partial charge in [0.25, 0.3) is 0 Å². The minimum atomic E-state index is -0.192. The van der Waals surface area contributed by atoms with Crippen molar-refractivity contribution in [3.05, 3.63) is 0 Å². The number of alkyl halides is 1. The number of rotatable bonds is 8. The molecule has 0 fully saturated rings. The Bertz CT molecular complexity index is 83.6. The lowest BCUT2D eigenvalue weighted by atomic mass is 10.1. The molecule has 0 aliphatic heterocycles. The average Bonchev–Trinajstić information content (AvgIpc) is 2.03. The van der Waals surface area contributed by atoms with Gasteiger partial charge in [-0.3, -0.25) is 9.18 Å². The molecule has 0 aromatic carbocycles. The predicted molar refractivity (Wildman–Crippen MR) is 44.0 cm³/mol. The maximum atomic E-state index is 11.6. The standard InChI is InChI=1S/C9H16FO/c10-8-6-4-2-1-3-5-7-9-11/h1-8H2. The second-order valence-corrected chi connectivity index (χ2v) is 2.70. The second kappa shape index (κ2) is 9.60. The summed E-state index contributed by atoms with van der Waals surface area (Å²) in [6, 6.07) is 0. The van der Waals surface area contributed by atoms with Gasteiger partial charge in [-0.15, -0.1) is 0 Å². The molecule has 0 rings (SSSR count). The summed E-state index contributed by atoms with van der Waals surface area (Å²) in [7, 11) is 0. The average molecular weight is 159 g/mol. The molecule has 0 aromatic rings. The van der Waals surface area contributed by atoms with Gasteiger partial charge in [0, 0.05) is 6.42 Å². The van der Waals surface area contributed by atoms with E-state index < -0.39 is 0 Å². The summed E-state index contributed by atoms with van der Waals surface area (Å²) in [4.78, 5) is 9.77. The van der Waals surface area contributed by atoms with Crippen LogP contribution in [0.25, 0.3) is 0 Å². The van der Waals surface area contributed by atoms with Crippen LogP contribution in [0.15, 0.2) is 0 Å². The summed E-state index contributed by atoms with van der Waals surface area (Å²) in [5, 5.41) is 0. The zero-order valence-corrected chi connectivity index (χ0v) is 6.94. The van der Waals surface area contributed by atoms with Gasteiger partial charge in [-0.2, -0.15) is 0 Å². The van der Waals surface area contributed by atoms with Crippen molar-refractivity contribution in [2.75, 3.05) is 6.67 Å². The lowest BCUT2D eigenvalue weighted by molar-refractivity contribution is 0.450. The van der Waals surface area contributed by atoms with E-state index in [9.17, 15) is 9.18 Å². The van der Waals surface area contributed by atoms with E-state index in [0.717, 1.165) is 32.1 Å². The molecule has 0 saturated carbocycles. The predicted octanol–water partition coefficient (Wildman–Crippen LogP) is 2.80. The first kappa shape index (κ1) is 10.6. The first-order valence-corrected chi connectivity index (χ1v) is 4.32. The third-order valence-corrected chi connectivity index (χ3v) is 1.66. The van der Waals surface area contributed by atoms with E-state index >= 15 is 0 Å². The number of hydrogen-bond acceptors (Lipinski definition) is 1. The Balaban J connectivity index is 2.74. The minimum Gasteiger partial charge on any atom is -0.291 e. The highest BCUT2D eigenvalue weighted by Gasteiger charge is 1.90. The van der Waals surface area contributed by atoms with Gasteiger partial charge in [0.15, 0.2) is 6.29 Å². The summed E-state index contributed by atoms with van der Waals surface area (Å²) in [5.74, 6) is 0. The molecule has 0 heterocycles. The van der Waals surface area contributed by atoms with Crippen molar-refractivity contribution in [3.8, 4) is 0 Å². The van der Waals surface area contributed by atoms with E-state index in [1.807, 2.05) is 6.29 Å². The highest BCUT2D eigenvalue weighted by Crippen LogP contribution is 2.06. The summed E-state index contributed by atoms with van der Waals surface area (Å²) < 4.78 is 11.6. The normalized spacial score (nSPS) is 9.91. The van der Waals surface area contributed by atoms with Crippen LogP contribution in [-0.2, 0) is 4.79 Å². The molecule has 2 heteroatoms. The van der Waals surface area contributed by atoms with Gasteiger partial charge in [0.1, 0.15) is 0 Å². The van der Waals surface area contributed by atoms with Crippen molar-refractivity contribution in [3.63, 3.8) is 0 Å². The summed E-state index contributed by atoms with van der Waals surface area (Å²) in [6.45, 7) is -0.192. The lowest BCUT2D eigenvalue weighted by Crippen LogP contribution is -1.81. The Morgan fingerprint density at radius 2 is 1.45 bits per heavy atom. The van der Waals surface area contributed by atoms with Crippen LogP contribution in [0.1, 0.15) is 44.9 Å². The zero-order valence-electron chi connectivity index (χ0n) is 6.94. The van der Waals surface area contributed by atoms with Gasteiger partial charge in [-0.05, 0) is 12.8 Å². The maximum absolute atomic E-state index is 11.6. The fourth-order valence-corrected chi connectivity index (χ4v) is 0.999. The quantitative estimate of drug-likeness (QED) is 0.498. The number of carbonyl (C=O) groups excluding carboxylic acids is 1. The lowest BCUT2D eigenvalue weighted by Gasteiger charge is -1.96. The third kappa shape index (κ3) is 9.60. The molecule has 0 amide bonds. The summed E-state index contributed by atoms with van der Waals surface area (Å²) >= 11 is 0. The number of unbranched alkanes of at least 4 members (excludes halogenated alkanes) is 6. The fraction of sp³-hybridized carbons (Fsp3) is 0.889. The smallest absolute Gasteiger partial charge is 0.198 e. The monoisotopic (exact) mass is 159 g/mol. The highest BCUT2D eigenvalue weighted by atomic mass is 19.1. The van der Waals surface area contributed by atoms with E-state index in [1.165, 1.54) is 0 Å².